The molecule has 20 heavy (non-hydrogen) atoms. The first-order chi connectivity index (χ1) is 9.83. The van der Waals surface area contributed by atoms with Gasteiger partial charge in [0, 0.05) is 19.0 Å². The fourth-order valence-electron chi connectivity index (χ4n) is 2.43. The summed E-state index contributed by atoms with van der Waals surface area (Å²) < 4.78 is 0. The number of nitrogens with zero attached hydrogens (tertiary/aromatic N) is 1. The van der Waals surface area contributed by atoms with Crippen LogP contribution in [0.2, 0.25) is 0 Å². The lowest BCUT2D eigenvalue weighted by molar-refractivity contribution is -0.132. The van der Waals surface area contributed by atoms with Crippen molar-refractivity contribution in [1.82, 2.24) is 4.90 Å². The Morgan fingerprint density at radius 2 is 1.95 bits per heavy atom. The molecule has 0 atom stereocenters. The first-order valence-electron chi connectivity index (χ1n) is 7.17. The number of rotatable bonds is 6. The van der Waals surface area contributed by atoms with Gasteiger partial charge in [-0.1, -0.05) is 30.3 Å². The molecule has 0 unspecified atom stereocenters. The Labute approximate surface area is 124 Å². The van der Waals surface area contributed by atoms with Gasteiger partial charge >= 0.3 is 0 Å². The molecule has 1 saturated carbocycles. The maximum absolute atomic E-state index is 12.5. The molecule has 0 aliphatic heterocycles. The third kappa shape index (κ3) is 3.48. The summed E-state index contributed by atoms with van der Waals surface area (Å²) in [5.41, 5.74) is 2.50. The molecule has 104 valence electrons. The van der Waals surface area contributed by atoms with Gasteiger partial charge in [-0.05, 0) is 47.2 Å². The molecule has 2 nitrogen and oxygen atoms in total. The SMILES string of the molecule is O=C(CCc1ccccc1)N(Cc1ccsc1)C1CC1. The van der Waals surface area contributed by atoms with E-state index in [-0.39, 0.29) is 0 Å². The maximum atomic E-state index is 12.5. The first kappa shape index (κ1) is 13.4. The second kappa shape index (κ2) is 6.23. The van der Waals surface area contributed by atoms with Crippen LogP contribution in [0, 0.1) is 0 Å². The minimum Gasteiger partial charge on any atom is -0.335 e. The molecule has 1 heterocycles. The Morgan fingerprint density at radius 3 is 2.60 bits per heavy atom. The molecular weight excluding hydrogens is 266 g/mol. The van der Waals surface area contributed by atoms with E-state index in [9.17, 15) is 4.79 Å². The van der Waals surface area contributed by atoms with Crippen molar-refractivity contribution in [2.75, 3.05) is 0 Å². The van der Waals surface area contributed by atoms with Gasteiger partial charge < -0.3 is 4.90 Å². The van der Waals surface area contributed by atoms with Gasteiger partial charge in [-0.25, -0.2) is 0 Å². The van der Waals surface area contributed by atoms with Crippen LogP contribution < -0.4 is 0 Å². The molecule has 1 fully saturated rings. The van der Waals surface area contributed by atoms with E-state index in [0.717, 1.165) is 13.0 Å². The van der Waals surface area contributed by atoms with E-state index in [2.05, 4.69) is 33.9 Å². The van der Waals surface area contributed by atoms with Crippen molar-refractivity contribution in [2.45, 2.75) is 38.3 Å². The van der Waals surface area contributed by atoms with Crippen LogP contribution in [-0.4, -0.2) is 16.8 Å². The van der Waals surface area contributed by atoms with Crippen LogP contribution in [0.3, 0.4) is 0 Å². The van der Waals surface area contributed by atoms with Gasteiger partial charge in [0.1, 0.15) is 0 Å². The molecule has 1 aliphatic rings. The monoisotopic (exact) mass is 285 g/mol. The number of hydrogen-bond donors (Lipinski definition) is 0. The molecule has 3 rings (SSSR count). The van der Waals surface area contributed by atoms with Gasteiger partial charge in [0.05, 0.1) is 0 Å². The lowest BCUT2D eigenvalue weighted by Gasteiger charge is -2.22. The Bertz CT molecular complexity index is 546. The summed E-state index contributed by atoms with van der Waals surface area (Å²) in [6, 6.07) is 12.9. The molecule has 1 amide bonds. The fourth-order valence-corrected chi connectivity index (χ4v) is 3.09. The van der Waals surface area contributed by atoms with Crippen molar-refractivity contribution in [2.24, 2.45) is 0 Å². The van der Waals surface area contributed by atoms with Gasteiger partial charge in [0.2, 0.25) is 5.91 Å². The van der Waals surface area contributed by atoms with E-state index in [0.29, 0.717) is 18.4 Å². The summed E-state index contributed by atoms with van der Waals surface area (Å²) in [6.07, 6.45) is 3.79. The highest BCUT2D eigenvalue weighted by molar-refractivity contribution is 7.07. The molecule has 0 spiro atoms. The van der Waals surface area contributed by atoms with Crippen molar-refractivity contribution < 1.29 is 4.79 Å². The topological polar surface area (TPSA) is 20.3 Å². The second-order valence-electron chi connectivity index (χ2n) is 5.37. The van der Waals surface area contributed by atoms with E-state index < -0.39 is 0 Å². The molecule has 3 heteroatoms. The van der Waals surface area contributed by atoms with E-state index in [1.54, 1.807) is 11.3 Å². The van der Waals surface area contributed by atoms with Crippen LogP contribution >= 0.6 is 11.3 Å². The molecule has 2 aromatic rings. The number of carbonyl (C=O) groups excluding carboxylic acids is 1. The minimum atomic E-state index is 0.294. The number of hydrogen-bond acceptors (Lipinski definition) is 2. The maximum Gasteiger partial charge on any atom is 0.223 e. The van der Waals surface area contributed by atoms with Crippen molar-refractivity contribution in [3.8, 4) is 0 Å². The number of aryl methyl sites for hydroxylation is 1. The molecule has 0 bridgehead atoms. The molecule has 1 aromatic heterocycles. The zero-order valence-electron chi connectivity index (χ0n) is 11.5. The predicted molar refractivity (Wildman–Crippen MR) is 82.7 cm³/mol. The molecule has 0 N–H and O–H groups in total. The minimum absolute atomic E-state index is 0.294. The number of carbonyl (C=O) groups is 1. The van der Waals surface area contributed by atoms with Crippen LogP contribution in [0.4, 0.5) is 0 Å². The highest BCUT2D eigenvalue weighted by atomic mass is 32.1. The normalized spacial score (nSPS) is 14.2. The van der Waals surface area contributed by atoms with Crippen molar-refractivity contribution in [3.05, 3.63) is 58.3 Å². The zero-order valence-corrected chi connectivity index (χ0v) is 12.3. The lowest BCUT2D eigenvalue weighted by atomic mass is 10.1. The molecule has 0 saturated heterocycles. The average molecular weight is 285 g/mol. The van der Waals surface area contributed by atoms with Crippen molar-refractivity contribution in [3.63, 3.8) is 0 Å². The lowest BCUT2D eigenvalue weighted by Crippen LogP contribution is -2.32. The van der Waals surface area contributed by atoms with E-state index in [1.807, 2.05) is 18.2 Å². The molecule has 1 aromatic carbocycles. The first-order valence-corrected chi connectivity index (χ1v) is 8.11. The van der Waals surface area contributed by atoms with Gasteiger partial charge in [-0.15, -0.1) is 0 Å². The molecule has 1 aliphatic carbocycles. The van der Waals surface area contributed by atoms with Crippen molar-refractivity contribution >= 4 is 17.2 Å². The van der Waals surface area contributed by atoms with E-state index in [1.165, 1.54) is 24.0 Å². The Kier molecular flexibility index (Phi) is 4.16. The number of thiophene rings is 1. The number of benzene rings is 1. The summed E-state index contributed by atoms with van der Waals surface area (Å²) in [4.78, 5) is 14.5. The quantitative estimate of drug-likeness (QED) is 0.789. The summed E-state index contributed by atoms with van der Waals surface area (Å²) in [5.74, 6) is 0.294. The van der Waals surface area contributed by atoms with Crippen LogP contribution in [0.1, 0.15) is 30.4 Å². The molecular formula is C17H19NOS. The van der Waals surface area contributed by atoms with Gasteiger partial charge in [0.25, 0.3) is 0 Å². The van der Waals surface area contributed by atoms with Crippen LogP contribution in [-0.2, 0) is 17.8 Å². The Hall–Kier alpha value is -1.61. The van der Waals surface area contributed by atoms with Crippen molar-refractivity contribution in [1.29, 1.82) is 0 Å². The van der Waals surface area contributed by atoms with Crippen LogP contribution in [0.5, 0.6) is 0 Å². The second-order valence-corrected chi connectivity index (χ2v) is 6.15. The standard InChI is InChI=1S/C17H19NOS/c19-17(9-6-14-4-2-1-3-5-14)18(16-7-8-16)12-15-10-11-20-13-15/h1-5,10-11,13,16H,6-9,12H2. The smallest absolute Gasteiger partial charge is 0.223 e. The molecule has 0 radical (unpaired) electrons. The third-order valence-corrected chi connectivity index (χ3v) is 4.44. The third-order valence-electron chi connectivity index (χ3n) is 3.71. The van der Waals surface area contributed by atoms with E-state index >= 15 is 0 Å². The van der Waals surface area contributed by atoms with Crippen LogP contribution in [0.25, 0.3) is 0 Å². The largest absolute Gasteiger partial charge is 0.335 e. The fraction of sp³-hybridized carbons (Fsp3) is 0.353. The average Bonchev–Trinajstić information content (AvgIpc) is 3.20. The Balaban J connectivity index is 1.58. The van der Waals surface area contributed by atoms with Gasteiger partial charge in [-0.3, -0.25) is 4.79 Å². The summed E-state index contributed by atoms with van der Waals surface area (Å²) in [7, 11) is 0. The van der Waals surface area contributed by atoms with Gasteiger partial charge in [0.15, 0.2) is 0 Å². The highest BCUT2D eigenvalue weighted by Gasteiger charge is 2.32. The highest BCUT2D eigenvalue weighted by Crippen LogP contribution is 2.29. The number of amides is 1. The van der Waals surface area contributed by atoms with Crippen LogP contribution in [0.15, 0.2) is 47.2 Å². The zero-order chi connectivity index (χ0) is 13.8. The Morgan fingerprint density at radius 1 is 1.15 bits per heavy atom. The predicted octanol–water partition coefficient (Wildman–Crippen LogP) is 3.87. The summed E-state index contributed by atoms with van der Waals surface area (Å²) in [6.45, 7) is 0.780. The summed E-state index contributed by atoms with van der Waals surface area (Å²) in [5, 5.41) is 4.22. The van der Waals surface area contributed by atoms with Gasteiger partial charge in [-0.2, -0.15) is 11.3 Å². The van der Waals surface area contributed by atoms with E-state index in [4.69, 9.17) is 0 Å². The summed E-state index contributed by atoms with van der Waals surface area (Å²) >= 11 is 1.70.